The third-order valence-corrected chi connectivity index (χ3v) is 3.13. The molecular formula is C10H10N2OS. The lowest BCUT2D eigenvalue weighted by Gasteiger charge is -2.10. The van der Waals surface area contributed by atoms with Gasteiger partial charge in [-0.05, 0) is 19.1 Å². The van der Waals surface area contributed by atoms with E-state index in [0.29, 0.717) is 0 Å². The summed E-state index contributed by atoms with van der Waals surface area (Å²) in [5.74, 6) is 0. The van der Waals surface area contributed by atoms with Crippen LogP contribution < -0.4 is 0 Å². The monoisotopic (exact) mass is 206 g/mol. The SMILES string of the molecule is Cc1ncsc1C(C=O)n1cccc1. The van der Waals surface area contributed by atoms with E-state index in [0.717, 1.165) is 16.9 Å². The number of rotatable bonds is 3. The van der Waals surface area contributed by atoms with Gasteiger partial charge in [-0.1, -0.05) is 0 Å². The summed E-state index contributed by atoms with van der Waals surface area (Å²) in [7, 11) is 0. The molecule has 2 aromatic rings. The second-order valence-electron chi connectivity index (χ2n) is 3.01. The van der Waals surface area contributed by atoms with E-state index < -0.39 is 0 Å². The molecule has 0 aliphatic heterocycles. The molecule has 1 atom stereocenters. The van der Waals surface area contributed by atoms with Crippen LogP contribution >= 0.6 is 11.3 Å². The standard InChI is InChI=1S/C10H10N2OS/c1-8-10(14-7-11-8)9(6-13)12-4-2-3-5-12/h2-7,9H,1H3. The Morgan fingerprint density at radius 2 is 2.21 bits per heavy atom. The predicted molar refractivity (Wildman–Crippen MR) is 55.5 cm³/mol. The molecule has 0 aliphatic carbocycles. The van der Waals surface area contributed by atoms with Crippen molar-refractivity contribution in [2.45, 2.75) is 13.0 Å². The zero-order valence-corrected chi connectivity index (χ0v) is 8.57. The quantitative estimate of drug-likeness (QED) is 0.720. The van der Waals surface area contributed by atoms with Crippen LogP contribution in [0, 0.1) is 6.92 Å². The van der Waals surface area contributed by atoms with Crippen molar-refractivity contribution >= 4 is 17.6 Å². The summed E-state index contributed by atoms with van der Waals surface area (Å²) < 4.78 is 1.88. The third-order valence-electron chi connectivity index (χ3n) is 2.13. The predicted octanol–water partition coefficient (Wildman–Crippen LogP) is 2.04. The Bertz CT molecular complexity index is 419. The maximum Gasteiger partial charge on any atom is 0.148 e. The summed E-state index contributed by atoms with van der Waals surface area (Å²) >= 11 is 1.52. The Morgan fingerprint density at radius 3 is 2.71 bits per heavy atom. The van der Waals surface area contributed by atoms with Gasteiger partial charge in [0, 0.05) is 12.4 Å². The smallest absolute Gasteiger partial charge is 0.148 e. The first-order chi connectivity index (χ1) is 6.83. The molecule has 3 nitrogen and oxygen atoms in total. The van der Waals surface area contributed by atoms with Gasteiger partial charge in [0.25, 0.3) is 0 Å². The molecule has 0 aromatic carbocycles. The molecule has 72 valence electrons. The largest absolute Gasteiger partial charge is 0.339 e. The first-order valence-electron chi connectivity index (χ1n) is 4.30. The Hall–Kier alpha value is -1.42. The van der Waals surface area contributed by atoms with Crippen molar-refractivity contribution in [2.24, 2.45) is 0 Å². The molecule has 0 bridgehead atoms. The minimum Gasteiger partial charge on any atom is -0.339 e. The van der Waals surface area contributed by atoms with Crippen LogP contribution in [0.3, 0.4) is 0 Å². The van der Waals surface area contributed by atoms with Gasteiger partial charge in [0.05, 0.1) is 16.1 Å². The van der Waals surface area contributed by atoms with Crippen LogP contribution in [0.1, 0.15) is 16.6 Å². The van der Waals surface area contributed by atoms with Crippen molar-refractivity contribution in [3.63, 3.8) is 0 Å². The van der Waals surface area contributed by atoms with Gasteiger partial charge in [-0.25, -0.2) is 4.98 Å². The molecule has 2 heterocycles. The molecule has 0 saturated carbocycles. The number of aldehydes is 1. The van der Waals surface area contributed by atoms with Crippen LogP contribution in [0.5, 0.6) is 0 Å². The molecule has 14 heavy (non-hydrogen) atoms. The highest BCUT2D eigenvalue weighted by molar-refractivity contribution is 7.09. The summed E-state index contributed by atoms with van der Waals surface area (Å²) in [6, 6.07) is 3.59. The summed E-state index contributed by atoms with van der Waals surface area (Å²) in [6.45, 7) is 1.92. The highest BCUT2D eigenvalue weighted by Gasteiger charge is 2.15. The average molecular weight is 206 g/mol. The van der Waals surface area contributed by atoms with Crippen molar-refractivity contribution < 1.29 is 4.79 Å². The lowest BCUT2D eigenvalue weighted by atomic mass is 10.2. The number of carbonyl (C=O) groups excluding carboxylic acids is 1. The van der Waals surface area contributed by atoms with Gasteiger partial charge in [-0.3, -0.25) is 0 Å². The topological polar surface area (TPSA) is 34.9 Å². The van der Waals surface area contributed by atoms with Gasteiger partial charge in [0.1, 0.15) is 12.3 Å². The van der Waals surface area contributed by atoms with E-state index in [-0.39, 0.29) is 6.04 Å². The molecule has 0 saturated heterocycles. The second-order valence-corrected chi connectivity index (χ2v) is 3.90. The first-order valence-corrected chi connectivity index (χ1v) is 5.18. The van der Waals surface area contributed by atoms with Gasteiger partial charge in [0.2, 0.25) is 0 Å². The fourth-order valence-corrected chi connectivity index (χ4v) is 2.26. The minimum absolute atomic E-state index is 0.225. The van der Waals surface area contributed by atoms with E-state index in [9.17, 15) is 4.79 Å². The molecule has 0 fully saturated rings. The maximum absolute atomic E-state index is 11.0. The van der Waals surface area contributed by atoms with E-state index in [1.165, 1.54) is 11.3 Å². The van der Waals surface area contributed by atoms with Crippen molar-refractivity contribution in [3.05, 3.63) is 40.6 Å². The lowest BCUT2D eigenvalue weighted by molar-refractivity contribution is -0.109. The molecule has 2 rings (SSSR count). The minimum atomic E-state index is -0.225. The van der Waals surface area contributed by atoms with Crippen LogP contribution in [-0.4, -0.2) is 15.8 Å². The molecule has 0 N–H and O–H groups in total. The normalized spacial score (nSPS) is 12.6. The molecular weight excluding hydrogens is 196 g/mol. The molecule has 4 heteroatoms. The van der Waals surface area contributed by atoms with E-state index in [2.05, 4.69) is 4.98 Å². The Balaban J connectivity index is 2.41. The number of carbonyl (C=O) groups is 1. The van der Waals surface area contributed by atoms with Gasteiger partial charge in [-0.2, -0.15) is 0 Å². The van der Waals surface area contributed by atoms with Crippen LogP contribution in [0.2, 0.25) is 0 Å². The summed E-state index contributed by atoms with van der Waals surface area (Å²) in [5.41, 5.74) is 2.70. The highest BCUT2D eigenvalue weighted by Crippen LogP contribution is 2.23. The molecule has 0 amide bonds. The van der Waals surface area contributed by atoms with Gasteiger partial charge in [-0.15, -0.1) is 11.3 Å². The molecule has 0 radical (unpaired) electrons. The summed E-state index contributed by atoms with van der Waals surface area (Å²) in [5, 5.41) is 0. The van der Waals surface area contributed by atoms with Crippen LogP contribution in [0.25, 0.3) is 0 Å². The number of aromatic nitrogens is 2. The number of hydrogen-bond acceptors (Lipinski definition) is 3. The van der Waals surface area contributed by atoms with Crippen LogP contribution in [0.15, 0.2) is 30.0 Å². The maximum atomic E-state index is 11.0. The Labute approximate surface area is 86.0 Å². The number of hydrogen-bond donors (Lipinski definition) is 0. The summed E-state index contributed by atoms with van der Waals surface area (Å²) in [4.78, 5) is 16.2. The molecule has 2 aromatic heterocycles. The molecule has 0 aliphatic rings. The van der Waals surface area contributed by atoms with E-state index >= 15 is 0 Å². The lowest BCUT2D eigenvalue weighted by Crippen LogP contribution is -2.09. The number of nitrogens with zero attached hydrogens (tertiary/aromatic N) is 2. The van der Waals surface area contributed by atoms with Crippen molar-refractivity contribution in [2.75, 3.05) is 0 Å². The zero-order chi connectivity index (χ0) is 9.97. The Kier molecular flexibility index (Phi) is 2.45. The fraction of sp³-hybridized carbons (Fsp3) is 0.200. The molecule has 0 spiro atoms. The van der Waals surface area contributed by atoms with Crippen molar-refractivity contribution in [3.8, 4) is 0 Å². The number of aryl methyl sites for hydroxylation is 1. The molecule has 1 unspecified atom stereocenters. The number of thiazole rings is 1. The highest BCUT2D eigenvalue weighted by atomic mass is 32.1. The average Bonchev–Trinajstić information content (AvgIpc) is 2.80. The zero-order valence-electron chi connectivity index (χ0n) is 7.75. The fourth-order valence-electron chi connectivity index (χ4n) is 1.40. The van der Waals surface area contributed by atoms with Gasteiger partial charge < -0.3 is 9.36 Å². The van der Waals surface area contributed by atoms with Crippen LogP contribution in [-0.2, 0) is 4.79 Å². The third kappa shape index (κ3) is 1.48. The van der Waals surface area contributed by atoms with Crippen LogP contribution in [0.4, 0.5) is 0 Å². The van der Waals surface area contributed by atoms with E-state index in [1.54, 1.807) is 5.51 Å². The van der Waals surface area contributed by atoms with E-state index in [1.807, 2.05) is 36.0 Å². The second kappa shape index (κ2) is 3.75. The van der Waals surface area contributed by atoms with Crippen molar-refractivity contribution in [1.29, 1.82) is 0 Å². The van der Waals surface area contributed by atoms with Crippen molar-refractivity contribution in [1.82, 2.24) is 9.55 Å². The first kappa shape index (κ1) is 9.15. The van der Waals surface area contributed by atoms with Gasteiger partial charge >= 0.3 is 0 Å². The Morgan fingerprint density at radius 1 is 1.50 bits per heavy atom. The summed E-state index contributed by atoms with van der Waals surface area (Å²) in [6.07, 6.45) is 4.72. The van der Waals surface area contributed by atoms with E-state index in [4.69, 9.17) is 0 Å². The van der Waals surface area contributed by atoms with Gasteiger partial charge in [0.15, 0.2) is 0 Å².